The first-order valence-corrected chi connectivity index (χ1v) is 9.83. The van der Waals surface area contributed by atoms with Crippen molar-refractivity contribution < 1.29 is 9.47 Å². The van der Waals surface area contributed by atoms with E-state index in [4.69, 9.17) is 14.5 Å². The van der Waals surface area contributed by atoms with Gasteiger partial charge in [-0.2, -0.15) is 0 Å². The average Bonchev–Trinajstić information content (AvgIpc) is 3.11. The third-order valence-corrected chi connectivity index (χ3v) is 4.60. The van der Waals surface area contributed by atoms with Gasteiger partial charge < -0.3 is 24.7 Å². The van der Waals surface area contributed by atoms with E-state index in [1.54, 1.807) is 14.2 Å². The number of hydrogen-bond donors (Lipinski definition) is 2. The monoisotopic (exact) mass is 387 g/mol. The van der Waals surface area contributed by atoms with Crippen LogP contribution in [0.2, 0.25) is 0 Å². The van der Waals surface area contributed by atoms with Crippen LogP contribution >= 0.6 is 0 Å². The van der Waals surface area contributed by atoms with Crippen LogP contribution in [0.4, 0.5) is 0 Å². The van der Waals surface area contributed by atoms with E-state index in [2.05, 4.69) is 34.0 Å². The van der Waals surface area contributed by atoms with Crippen molar-refractivity contribution in [3.8, 4) is 11.5 Å². The first-order chi connectivity index (χ1) is 13.6. The van der Waals surface area contributed by atoms with Gasteiger partial charge in [-0.3, -0.25) is 4.99 Å². The fourth-order valence-corrected chi connectivity index (χ4v) is 3.01. The van der Waals surface area contributed by atoms with Gasteiger partial charge in [0.1, 0.15) is 17.3 Å². The second kappa shape index (κ2) is 11.2. The van der Waals surface area contributed by atoms with Gasteiger partial charge in [-0.15, -0.1) is 0 Å². The topological polar surface area (TPSA) is 72.7 Å². The SMILES string of the molecule is CCNC(=NCCCCn1ccnc1C)NC(C)c1cc(OC)ccc1OC. The summed E-state index contributed by atoms with van der Waals surface area (Å²) in [5, 5.41) is 6.78. The van der Waals surface area contributed by atoms with E-state index < -0.39 is 0 Å². The number of aromatic nitrogens is 2. The lowest BCUT2D eigenvalue weighted by atomic mass is 10.1. The predicted molar refractivity (Wildman–Crippen MR) is 113 cm³/mol. The minimum absolute atomic E-state index is 0.0245. The minimum Gasteiger partial charge on any atom is -0.497 e. The van der Waals surface area contributed by atoms with Crippen molar-refractivity contribution in [3.63, 3.8) is 0 Å². The Bertz CT molecular complexity index is 757. The molecule has 2 rings (SSSR count). The van der Waals surface area contributed by atoms with Crippen LogP contribution in [0, 0.1) is 6.92 Å². The van der Waals surface area contributed by atoms with Crippen molar-refractivity contribution in [2.75, 3.05) is 27.3 Å². The number of hydrogen-bond acceptors (Lipinski definition) is 4. The Kier molecular flexibility index (Phi) is 8.65. The Morgan fingerprint density at radius 3 is 2.71 bits per heavy atom. The molecule has 2 N–H and O–H groups in total. The molecule has 1 aromatic carbocycles. The summed E-state index contributed by atoms with van der Waals surface area (Å²) in [5.74, 6) is 3.49. The van der Waals surface area contributed by atoms with Gasteiger partial charge in [-0.05, 0) is 51.8 Å². The molecule has 0 fully saturated rings. The lowest BCUT2D eigenvalue weighted by Crippen LogP contribution is -2.39. The Hall–Kier alpha value is -2.70. The maximum Gasteiger partial charge on any atom is 0.191 e. The van der Waals surface area contributed by atoms with E-state index in [0.29, 0.717) is 0 Å². The van der Waals surface area contributed by atoms with Crippen molar-refractivity contribution in [1.82, 2.24) is 20.2 Å². The molecule has 28 heavy (non-hydrogen) atoms. The van der Waals surface area contributed by atoms with Gasteiger partial charge in [0.15, 0.2) is 5.96 Å². The second-order valence-corrected chi connectivity index (χ2v) is 6.61. The molecule has 154 valence electrons. The molecule has 0 radical (unpaired) electrons. The van der Waals surface area contributed by atoms with Crippen LogP contribution < -0.4 is 20.1 Å². The number of guanidine groups is 1. The second-order valence-electron chi connectivity index (χ2n) is 6.61. The number of aliphatic imine (C=N–C) groups is 1. The molecule has 1 heterocycles. The molecule has 1 aromatic heterocycles. The van der Waals surface area contributed by atoms with E-state index >= 15 is 0 Å². The average molecular weight is 388 g/mol. The third-order valence-electron chi connectivity index (χ3n) is 4.60. The molecule has 0 spiro atoms. The molecule has 2 aromatic rings. The molecular formula is C21H33N5O2. The summed E-state index contributed by atoms with van der Waals surface area (Å²) in [6.45, 7) is 8.73. The smallest absolute Gasteiger partial charge is 0.191 e. The molecule has 0 aliphatic carbocycles. The van der Waals surface area contributed by atoms with Gasteiger partial charge >= 0.3 is 0 Å². The lowest BCUT2D eigenvalue weighted by molar-refractivity contribution is 0.394. The summed E-state index contributed by atoms with van der Waals surface area (Å²) in [4.78, 5) is 8.97. The minimum atomic E-state index is 0.0245. The first-order valence-electron chi connectivity index (χ1n) is 9.83. The van der Waals surface area contributed by atoms with E-state index in [-0.39, 0.29) is 6.04 Å². The van der Waals surface area contributed by atoms with Crippen LogP contribution in [0.15, 0.2) is 35.6 Å². The molecule has 7 nitrogen and oxygen atoms in total. The Labute approximate surface area is 168 Å². The zero-order chi connectivity index (χ0) is 20.4. The highest BCUT2D eigenvalue weighted by Gasteiger charge is 2.14. The van der Waals surface area contributed by atoms with Crippen LogP contribution in [-0.4, -0.2) is 42.8 Å². The number of methoxy groups -OCH3 is 2. The van der Waals surface area contributed by atoms with Crippen molar-refractivity contribution >= 4 is 5.96 Å². The standard InChI is InChI=1S/C21H33N5O2/c1-6-22-21(24-11-7-8-13-26-14-12-23-17(26)3)25-16(2)19-15-18(27-4)9-10-20(19)28-5/h9-10,12,14-16H,6-8,11,13H2,1-5H3,(H2,22,24,25). The third kappa shape index (κ3) is 6.18. The van der Waals surface area contributed by atoms with Gasteiger partial charge in [0.25, 0.3) is 0 Å². The Balaban J connectivity index is 1.93. The fourth-order valence-electron chi connectivity index (χ4n) is 3.01. The summed E-state index contributed by atoms with van der Waals surface area (Å²) in [7, 11) is 3.35. The molecule has 0 aliphatic rings. The van der Waals surface area contributed by atoms with Crippen molar-refractivity contribution in [3.05, 3.63) is 42.0 Å². The Morgan fingerprint density at radius 1 is 1.25 bits per heavy atom. The maximum atomic E-state index is 5.50. The molecule has 0 saturated heterocycles. The van der Waals surface area contributed by atoms with E-state index in [1.807, 2.05) is 37.5 Å². The predicted octanol–water partition coefficient (Wildman–Crippen LogP) is 3.31. The molecule has 1 unspecified atom stereocenters. The number of aryl methyl sites for hydroxylation is 2. The molecule has 1 atom stereocenters. The molecule has 0 bridgehead atoms. The maximum absolute atomic E-state index is 5.50. The molecule has 0 saturated carbocycles. The van der Waals surface area contributed by atoms with Crippen LogP contribution in [0.5, 0.6) is 11.5 Å². The summed E-state index contributed by atoms with van der Waals surface area (Å²) in [6.07, 6.45) is 5.95. The number of imidazole rings is 1. The highest BCUT2D eigenvalue weighted by molar-refractivity contribution is 5.80. The number of unbranched alkanes of at least 4 members (excludes halogenated alkanes) is 1. The highest BCUT2D eigenvalue weighted by atomic mass is 16.5. The highest BCUT2D eigenvalue weighted by Crippen LogP contribution is 2.29. The molecule has 7 heteroatoms. The quantitative estimate of drug-likeness (QED) is 0.372. The largest absolute Gasteiger partial charge is 0.497 e. The van der Waals surface area contributed by atoms with Gasteiger partial charge in [0, 0.05) is 37.6 Å². The zero-order valence-electron chi connectivity index (χ0n) is 17.7. The zero-order valence-corrected chi connectivity index (χ0v) is 17.7. The summed E-state index contributed by atoms with van der Waals surface area (Å²) < 4.78 is 13.0. The van der Waals surface area contributed by atoms with Crippen LogP contribution in [0.1, 0.15) is 44.1 Å². The number of nitrogens with one attached hydrogen (secondary N) is 2. The number of rotatable bonds is 10. The lowest BCUT2D eigenvalue weighted by Gasteiger charge is -2.20. The summed E-state index contributed by atoms with van der Waals surface area (Å²) in [5.41, 5.74) is 1.03. The molecule has 0 amide bonds. The van der Waals surface area contributed by atoms with E-state index in [1.165, 1.54) is 0 Å². The fraction of sp³-hybridized carbons (Fsp3) is 0.524. The Morgan fingerprint density at radius 2 is 2.07 bits per heavy atom. The normalized spacial score (nSPS) is 12.5. The van der Waals surface area contributed by atoms with Crippen molar-refractivity contribution in [2.24, 2.45) is 4.99 Å². The van der Waals surface area contributed by atoms with Crippen LogP contribution in [0.25, 0.3) is 0 Å². The number of benzene rings is 1. The molecular weight excluding hydrogens is 354 g/mol. The number of ether oxygens (including phenoxy) is 2. The molecule has 0 aliphatic heterocycles. The number of nitrogens with zero attached hydrogens (tertiary/aromatic N) is 3. The van der Waals surface area contributed by atoms with Gasteiger partial charge in [-0.25, -0.2) is 4.98 Å². The summed E-state index contributed by atoms with van der Waals surface area (Å²) >= 11 is 0. The van der Waals surface area contributed by atoms with E-state index in [9.17, 15) is 0 Å². The van der Waals surface area contributed by atoms with Crippen LogP contribution in [0.3, 0.4) is 0 Å². The van der Waals surface area contributed by atoms with Crippen molar-refractivity contribution in [2.45, 2.75) is 46.2 Å². The van der Waals surface area contributed by atoms with Gasteiger partial charge in [0.05, 0.1) is 20.3 Å². The summed E-state index contributed by atoms with van der Waals surface area (Å²) in [6, 6.07) is 5.84. The van der Waals surface area contributed by atoms with Crippen molar-refractivity contribution in [1.29, 1.82) is 0 Å². The van der Waals surface area contributed by atoms with Gasteiger partial charge in [-0.1, -0.05) is 0 Å². The first kappa shape index (κ1) is 21.6. The van der Waals surface area contributed by atoms with Crippen LogP contribution in [-0.2, 0) is 6.54 Å². The van der Waals surface area contributed by atoms with E-state index in [0.717, 1.165) is 61.3 Å². The van der Waals surface area contributed by atoms with Gasteiger partial charge in [0.2, 0.25) is 0 Å².